The molecule has 5 saturated carbocycles. The zero-order chi connectivity index (χ0) is 44.1. The largest absolute Gasteiger partial charge is 0.490 e. The van der Waals surface area contributed by atoms with Crippen molar-refractivity contribution in [2.24, 2.45) is 68.0 Å². The Bertz CT molecular complexity index is 1940. The monoisotopic (exact) mass is 863 g/mol. The highest BCUT2D eigenvalue weighted by Gasteiger charge is 2.71. The predicted octanol–water partition coefficient (Wildman–Crippen LogP) is 9.56. The Balaban J connectivity index is 1.00. The first kappa shape index (κ1) is 45.1. The summed E-state index contributed by atoms with van der Waals surface area (Å²) >= 11 is 6.44. The summed E-state index contributed by atoms with van der Waals surface area (Å²) < 4.78 is 12.9. The fraction of sp³-hybridized carbons (Fsp3) is 0.784. The Morgan fingerprint density at radius 3 is 2.28 bits per heavy atom. The number of carboxylic acid groups (broad SMARTS) is 1. The number of carboxylic acids is 1. The van der Waals surface area contributed by atoms with Crippen LogP contribution in [-0.2, 0) is 25.7 Å². The number of halogens is 1. The predicted molar refractivity (Wildman–Crippen MR) is 238 cm³/mol. The maximum atomic E-state index is 14.3. The summed E-state index contributed by atoms with van der Waals surface area (Å²) in [6.45, 7) is 23.2. The molecular weight excluding hydrogens is 788 g/mol. The summed E-state index contributed by atoms with van der Waals surface area (Å²) in [5, 5.41) is 29.8. The van der Waals surface area contributed by atoms with Crippen LogP contribution in [0.1, 0.15) is 145 Å². The highest BCUT2D eigenvalue weighted by Crippen LogP contribution is 2.77. The van der Waals surface area contributed by atoms with Gasteiger partial charge in [-0.05, 0) is 147 Å². The number of carbonyl (C=O) groups is 3. The maximum absolute atomic E-state index is 14.3. The van der Waals surface area contributed by atoms with E-state index in [1.165, 1.54) is 5.57 Å². The summed E-state index contributed by atoms with van der Waals surface area (Å²) in [6.07, 6.45) is 9.73. The van der Waals surface area contributed by atoms with Crippen molar-refractivity contribution in [1.82, 2.24) is 10.6 Å². The molecule has 0 spiro atoms. The van der Waals surface area contributed by atoms with Crippen LogP contribution in [0.3, 0.4) is 0 Å². The standard InChI is InChI=1S/C51H75ClN2O7/c1-29(2)42-36(55)26-51(40(56)28-54-27-30-10-11-31(52)24-37(30)60-32-16-22-53-23-17-32)21-20-49(8)33(43(42)51)12-13-39-48(7)18-15-41(47(5,6)38(48)14-19-50(39,49)9)61-45(59)35-25-34(44(57)58)46(35,3)4/h10-11,24,29,32-35,38-41,53-54,56H,12-23,25-28H2,1-9H3,(H,57,58)/t33-,34+,35-,38+,39-,40+,41+,48+,49-,50-,51+/m1/s1. The minimum atomic E-state index is -0.831. The molecule has 1 aromatic rings. The number of piperidine rings is 1. The number of hydrogen-bond acceptors (Lipinski definition) is 8. The number of aliphatic carboxylic acids is 1. The molecular formula is C51H75ClN2O7. The average molecular weight is 864 g/mol. The third kappa shape index (κ3) is 7.06. The molecule has 0 amide bonds. The second kappa shape index (κ2) is 15.9. The smallest absolute Gasteiger partial charge is 0.309 e. The van der Waals surface area contributed by atoms with Gasteiger partial charge in [0.2, 0.25) is 0 Å². The van der Waals surface area contributed by atoms with Crippen LogP contribution in [0.15, 0.2) is 29.3 Å². The van der Waals surface area contributed by atoms with E-state index in [0.29, 0.717) is 42.8 Å². The maximum Gasteiger partial charge on any atom is 0.309 e. The zero-order valence-corrected chi connectivity index (χ0v) is 39.3. The molecule has 11 atom stereocenters. The third-order valence-corrected chi connectivity index (χ3v) is 19.7. The molecule has 0 aromatic heterocycles. The lowest BCUT2D eigenvalue weighted by Crippen LogP contribution is -2.66. The number of hydrogen-bond donors (Lipinski definition) is 4. The summed E-state index contributed by atoms with van der Waals surface area (Å²) in [4.78, 5) is 39.8. The van der Waals surface area contributed by atoms with Gasteiger partial charge in [-0.15, -0.1) is 0 Å². The number of benzene rings is 1. The van der Waals surface area contributed by atoms with E-state index < -0.39 is 28.8 Å². The lowest BCUT2D eigenvalue weighted by atomic mass is 9.33. The SMILES string of the molecule is CC(C)C1=C2[C@H]3CC[C@@H]4[C@@]5(C)CC[C@H](OC(=O)[C@H]6C[C@@H](C(=O)O)C6(C)C)C(C)(C)[C@@H]5CC[C@@]4(C)[C@]3(C)CC[C@@]2([C@@H](O)CNCc2ccc(Cl)cc2OC2CCNCC2)CC1=O. The Morgan fingerprint density at radius 1 is 0.885 bits per heavy atom. The Kier molecular flexibility index (Phi) is 11.8. The molecule has 7 aliphatic rings. The van der Waals surface area contributed by atoms with Crippen molar-refractivity contribution >= 4 is 29.3 Å². The van der Waals surface area contributed by atoms with Gasteiger partial charge in [0.1, 0.15) is 18.0 Å². The van der Waals surface area contributed by atoms with E-state index in [2.05, 4.69) is 59.1 Å². The summed E-state index contributed by atoms with van der Waals surface area (Å²) in [6, 6.07) is 5.83. The molecule has 0 unspecified atom stereocenters. The molecule has 1 aliphatic heterocycles. The number of ether oxygens (including phenoxy) is 2. The van der Waals surface area contributed by atoms with Crippen LogP contribution in [0.4, 0.5) is 0 Å². The zero-order valence-electron chi connectivity index (χ0n) is 38.6. The van der Waals surface area contributed by atoms with Crippen molar-refractivity contribution in [3.8, 4) is 5.75 Å². The van der Waals surface area contributed by atoms with E-state index in [1.807, 2.05) is 32.0 Å². The number of aliphatic hydroxyl groups is 1. The molecule has 1 saturated heterocycles. The summed E-state index contributed by atoms with van der Waals surface area (Å²) in [5.74, 6) is 0.253. The van der Waals surface area contributed by atoms with E-state index in [0.717, 1.165) is 94.2 Å². The number of carbonyl (C=O) groups excluding carboxylic acids is 2. The number of nitrogens with one attached hydrogen (secondary N) is 2. The van der Waals surface area contributed by atoms with Gasteiger partial charge in [0, 0.05) is 40.9 Å². The molecule has 9 nitrogen and oxygen atoms in total. The van der Waals surface area contributed by atoms with Gasteiger partial charge in [0.05, 0.1) is 17.9 Å². The number of Topliss-reactive ketones (excluding diaryl/α,β-unsaturated/α-hetero) is 1. The molecule has 0 bridgehead atoms. The number of aliphatic hydroxyl groups excluding tert-OH is 1. The number of ketones is 1. The lowest BCUT2D eigenvalue weighted by molar-refractivity contribution is -0.238. The number of esters is 1. The highest BCUT2D eigenvalue weighted by atomic mass is 35.5. The van der Waals surface area contributed by atoms with Crippen molar-refractivity contribution in [2.75, 3.05) is 19.6 Å². The summed E-state index contributed by atoms with van der Waals surface area (Å²) in [5.41, 5.74) is 1.95. The first-order valence-corrected chi connectivity index (χ1v) is 24.2. The Morgan fingerprint density at radius 2 is 1.61 bits per heavy atom. The van der Waals surface area contributed by atoms with Crippen molar-refractivity contribution in [2.45, 2.75) is 164 Å². The molecule has 6 fully saturated rings. The normalized spacial score (nSPS) is 39.6. The number of fused-ring (bicyclic) bond motifs is 7. The molecule has 8 rings (SSSR count). The molecule has 1 aromatic carbocycles. The van der Waals surface area contributed by atoms with Gasteiger partial charge in [0.25, 0.3) is 0 Å². The molecule has 4 N–H and O–H groups in total. The molecule has 338 valence electrons. The third-order valence-electron chi connectivity index (χ3n) is 19.4. The van der Waals surface area contributed by atoms with Crippen molar-refractivity contribution in [3.05, 3.63) is 39.9 Å². The number of rotatable bonds is 11. The fourth-order valence-electron chi connectivity index (χ4n) is 15.7. The van der Waals surface area contributed by atoms with Gasteiger partial charge in [-0.2, -0.15) is 0 Å². The van der Waals surface area contributed by atoms with E-state index >= 15 is 0 Å². The van der Waals surface area contributed by atoms with Crippen molar-refractivity contribution < 1.29 is 34.1 Å². The number of allylic oxidation sites excluding steroid dienone is 1. The second-order valence-corrected chi connectivity index (χ2v) is 23.5. The van der Waals surface area contributed by atoms with Crippen LogP contribution in [0.25, 0.3) is 0 Å². The highest BCUT2D eigenvalue weighted by molar-refractivity contribution is 6.30. The van der Waals surface area contributed by atoms with E-state index in [4.69, 9.17) is 21.1 Å². The van der Waals surface area contributed by atoms with Crippen LogP contribution in [0, 0.1) is 68.0 Å². The van der Waals surface area contributed by atoms with Gasteiger partial charge < -0.3 is 30.3 Å². The first-order chi connectivity index (χ1) is 28.6. The van der Waals surface area contributed by atoms with Crippen LogP contribution >= 0.6 is 11.6 Å². The van der Waals surface area contributed by atoms with Crippen molar-refractivity contribution in [3.63, 3.8) is 0 Å². The fourth-order valence-corrected chi connectivity index (χ4v) is 15.8. The molecule has 10 heteroatoms. The van der Waals surface area contributed by atoms with Gasteiger partial charge in [-0.1, -0.05) is 85.6 Å². The lowest BCUT2D eigenvalue weighted by Gasteiger charge is -2.72. The first-order valence-electron chi connectivity index (χ1n) is 23.9. The minimum Gasteiger partial charge on any atom is -0.490 e. The molecule has 0 radical (unpaired) electrons. The molecule has 6 aliphatic carbocycles. The summed E-state index contributed by atoms with van der Waals surface area (Å²) in [7, 11) is 0. The van der Waals surface area contributed by atoms with E-state index in [-0.39, 0.29) is 63.4 Å². The molecule has 61 heavy (non-hydrogen) atoms. The molecule has 1 heterocycles. The average Bonchev–Trinajstić information content (AvgIpc) is 3.50. The Hall–Kier alpha value is -2.46. The quantitative estimate of drug-likeness (QED) is 0.161. The minimum absolute atomic E-state index is 0.0330. The van der Waals surface area contributed by atoms with Gasteiger partial charge in [0.15, 0.2) is 5.78 Å². The van der Waals surface area contributed by atoms with E-state index in [9.17, 15) is 24.6 Å². The van der Waals surface area contributed by atoms with Crippen LogP contribution in [0.2, 0.25) is 5.02 Å². The van der Waals surface area contributed by atoms with E-state index in [1.54, 1.807) is 0 Å². The van der Waals surface area contributed by atoms with Gasteiger partial charge in [-0.3, -0.25) is 14.4 Å². The Labute approximate surface area is 370 Å². The second-order valence-electron chi connectivity index (χ2n) is 23.1. The van der Waals surface area contributed by atoms with Gasteiger partial charge >= 0.3 is 11.9 Å². The van der Waals surface area contributed by atoms with Crippen LogP contribution in [-0.4, -0.2) is 65.9 Å². The van der Waals surface area contributed by atoms with Crippen LogP contribution < -0.4 is 15.4 Å². The van der Waals surface area contributed by atoms with Crippen LogP contribution in [0.5, 0.6) is 5.75 Å². The van der Waals surface area contributed by atoms with Crippen molar-refractivity contribution in [1.29, 1.82) is 0 Å². The van der Waals surface area contributed by atoms with Gasteiger partial charge in [-0.25, -0.2) is 0 Å². The topological polar surface area (TPSA) is 134 Å².